The monoisotopic (exact) mass is 474 g/mol. The van der Waals surface area contributed by atoms with Crippen LogP contribution in [-0.2, 0) is 5.41 Å². The Morgan fingerprint density at radius 3 is 1.42 bits per heavy atom. The summed E-state index contributed by atoms with van der Waals surface area (Å²) in [5.74, 6) is 5.59. The van der Waals surface area contributed by atoms with E-state index in [0.29, 0.717) is 10.8 Å². The maximum atomic E-state index is 4.37. The van der Waals surface area contributed by atoms with Crippen LogP contribution >= 0.6 is 0 Å². The Kier molecular flexibility index (Phi) is 4.57. The van der Waals surface area contributed by atoms with Gasteiger partial charge in [-0.3, -0.25) is 0 Å². The highest BCUT2D eigenvalue weighted by molar-refractivity contribution is 5.65. The Balaban J connectivity index is 1.48. The summed E-state index contributed by atoms with van der Waals surface area (Å²) in [6.07, 6.45) is 20.7. The zero-order valence-corrected chi connectivity index (χ0v) is 21.9. The van der Waals surface area contributed by atoms with E-state index in [2.05, 4.69) is 73.8 Å². The number of hydrogen-bond donors (Lipinski definition) is 0. The fourth-order valence-corrected chi connectivity index (χ4v) is 12.8. The molecule has 2 atom stereocenters. The molecule has 0 heterocycles. The van der Waals surface area contributed by atoms with Crippen molar-refractivity contribution >= 4 is 12.2 Å². The molecule has 0 radical (unpaired) electrons. The minimum absolute atomic E-state index is 0.0711. The maximum absolute atomic E-state index is 4.37. The fraction of sp³-hybridized carbons (Fsp3) is 0.556. The smallest absolute Gasteiger partial charge is 0.0304 e. The second-order valence-electron chi connectivity index (χ2n) is 14.2. The molecule has 2 aromatic rings. The molecule has 186 valence electrons. The van der Waals surface area contributed by atoms with Gasteiger partial charge in [-0.2, -0.15) is 0 Å². The molecule has 2 unspecified atom stereocenters. The summed E-state index contributed by atoms with van der Waals surface area (Å²) < 4.78 is 0. The van der Waals surface area contributed by atoms with Gasteiger partial charge >= 0.3 is 0 Å². The summed E-state index contributed by atoms with van der Waals surface area (Å²) in [5.41, 5.74) is 6.92. The predicted octanol–water partition coefficient (Wildman–Crippen LogP) is 9.30. The third-order valence-electron chi connectivity index (χ3n) is 12.8. The van der Waals surface area contributed by atoms with Crippen LogP contribution in [0.4, 0.5) is 0 Å². The second kappa shape index (κ2) is 7.49. The summed E-state index contributed by atoms with van der Waals surface area (Å²) in [4.78, 5) is 0. The van der Waals surface area contributed by atoms with Crippen LogP contribution in [0.5, 0.6) is 0 Å². The number of benzene rings is 2. The van der Waals surface area contributed by atoms with E-state index >= 15 is 0 Å². The van der Waals surface area contributed by atoms with Crippen molar-refractivity contribution in [3.05, 3.63) is 83.9 Å². The van der Waals surface area contributed by atoms with Crippen LogP contribution in [0.1, 0.15) is 92.9 Å². The lowest BCUT2D eigenvalue weighted by Gasteiger charge is -2.77. The first-order valence-corrected chi connectivity index (χ1v) is 15.0. The lowest BCUT2D eigenvalue weighted by Crippen LogP contribution is -2.71. The lowest BCUT2D eigenvalue weighted by molar-refractivity contribution is -0.234. The van der Waals surface area contributed by atoms with Crippen LogP contribution < -0.4 is 0 Å². The van der Waals surface area contributed by atoms with Crippen LogP contribution in [0, 0.1) is 46.3 Å². The van der Waals surface area contributed by atoms with Gasteiger partial charge in [0.1, 0.15) is 0 Å². The Morgan fingerprint density at radius 1 is 0.556 bits per heavy atom. The average molecular weight is 475 g/mol. The molecule has 0 heteroatoms. The zero-order valence-electron chi connectivity index (χ0n) is 21.9. The predicted molar refractivity (Wildman–Crippen MR) is 150 cm³/mol. The van der Waals surface area contributed by atoms with Gasteiger partial charge < -0.3 is 0 Å². The molecule has 10 rings (SSSR count). The summed E-state index contributed by atoms with van der Waals surface area (Å²) in [6.45, 7) is 8.73. The minimum Gasteiger partial charge on any atom is -0.0985 e. The van der Waals surface area contributed by atoms with Gasteiger partial charge in [0.05, 0.1) is 0 Å². The molecule has 0 spiro atoms. The first-order valence-electron chi connectivity index (χ1n) is 15.0. The summed E-state index contributed by atoms with van der Waals surface area (Å²) in [5, 5.41) is 0. The van der Waals surface area contributed by atoms with Gasteiger partial charge in [0, 0.05) is 5.41 Å². The largest absolute Gasteiger partial charge is 0.0985 e. The van der Waals surface area contributed by atoms with Gasteiger partial charge in [0.25, 0.3) is 0 Å². The van der Waals surface area contributed by atoms with Crippen molar-refractivity contribution < 1.29 is 0 Å². The quantitative estimate of drug-likeness (QED) is 0.405. The molecule has 8 fully saturated rings. The van der Waals surface area contributed by atoms with Crippen LogP contribution in [0.3, 0.4) is 0 Å². The molecular weight excluding hydrogens is 432 g/mol. The molecular formula is C36H42. The van der Waals surface area contributed by atoms with Crippen LogP contribution in [0.15, 0.2) is 61.7 Å². The molecule has 0 nitrogen and oxygen atoms in total. The summed E-state index contributed by atoms with van der Waals surface area (Å²) in [6, 6.07) is 18.9. The van der Waals surface area contributed by atoms with Crippen molar-refractivity contribution in [2.24, 2.45) is 46.3 Å². The Morgan fingerprint density at radius 2 is 0.972 bits per heavy atom. The lowest BCUT2D eigenvalue weighted by atomic mass is 9.27. The molecule has 2 aromatic carbocycles. The minimum atomic E-state index is 0.0711. The van der Waals surface area contributed by atoms with Crippen LogP contribution in [0.25, 0.3) is 12.2 Å². The molecule has 0 saturated heterocycles. The van der Waals surface area contributed by atoms with Crippen LogP contribution in [0.2, 0.25) is 0 Å². The van der Waals surface area contributed by atoms with Crippen molar-refractivity contribution in [3.63, 3.8) is 0 Å². The van der Waals surface area contributed by atoms with E-state index < -0.39 is 0 Å². The van der Waals surface area contributed by atoms with Gasteiger partial charge in [0.2, 0.25) is 0 Å². The zero-order chi connectivity index (χ0) is 24.1. The molecule has 36 heavy (non-hydrogen) atoms. The second-order valence-corrected chi connectivity index (χ2v) is 14.2. The fourth-order valence-electron chi connectivity index (χ4n) is 12.8. The molecule has 0 amide bonds. The highest BCUT2D eigenvalue weighted by Crippen LogP contribution is 2.81. The number of hydrogen-bond acceptors (Lipinski definition) is 0. The topological polar surface area (TPSA) is 0 Å². The van der Waals surface area contributed by atoms with E-state index in [0.717, 1.165) is 35.5 Å². The third-order valence-corrected chi connectivity index (χ3v) is 12.8. The van der Waals surface area contributed by atoms with Crippen LogP contribution in [-0.4, -0.2) is 0 Å². The highest BCUT2D eigenvalue weighted by atomic mass is 14.8. The first-order chi connectivity index (χ1) is 17.6. The summed E-state index contributed by atoms with van der Waals surface area (Å²) in [7, 11) is 0. The molecule has 8 aliphatic rings. The summed E-state index contributed by atoms with van der Waals surface area (Å²) >= 11 is 0. The van der Waals surface area contributed by atoms with E-state index in [9.17, 15) is 0 Å². The van der Waals surface area contributed by atoms with E-state index in [4.69, 9.17) is 0 Å². The van der Waals surface area contributed by atoms with E-state index in [1.807, 2.05) is 0 Å². The van der Waals surface area contributed by atoms with Crippen molar-refractivity contribution in [2.45, 2.75) is 76.0 Å². The maximum Gasteiger partial charge on any atom is 0.0304 e. The number of rotatable bonds is 5. The van der Waals surface area contributed by atoms with Gasteiger partial charge in [-0.15, -0.1) is 0 Å². The Bertz CT molecular complexity index is 1130. The van der Waals surface area contributed by atoms with Gasteiger partial charge in [-0.1, -0.05) is 73.8 Å². The van der Waals surface area contributed by atoms with Crippen molar-refractivity contribution in [1.29, 1.82) is 0 Å². The third kappa shape index (κ3) is 2.57. The SMILES string of the molecule is C=Cc1ccccc1C1(c2ccccc2C=C)C2CC3CC(C2)CC1(C12CC4CC(CC(C4)C1)C2)C3. The molecule has 8 saturated carbocycles. The molecule has 8 bridgehead atoms. The first kappa shape index (κ1) is 22.0. The normalized spacial score (nSPS) is 43.0. The van der Waals surface area contributed by atoms with E-state index in [1.54, 1.807) is 11.1 Å². The highest BCUT2D eigenvalue weighted by Gasteiger charge is 2.74. The van der Waals surface area contributed by atoms with E-state index in [-0.39, 0.29) is 5.41 Å². The standard InChI is InChI=1S/C36H42/c1-3-29-9-5-7-11-32(29)36(33-12-8-6-10-30(33)4-2)31-17-27-16-28(18-31)23-35(36,22-27)34-19-24-13-25(20-34)15-26(14-24)21-34/h3-12,24-28,31H,1-2,13-23H2. The molecule has 8 aliphatic carbocycles. The molecule has 0 aliphatic heterocycles. The van der Waals surface area contributed by atoms with E-state index in [1.165, 1.54) is 81.8 Å². The Labute approximate surface area is 218 Å². The van der Waals surface area contributed by atoms with Gasteiger partial charge in [-0.05, 0) is 139 Å². The van der Waals surface area contributed by atoms with Crippen molar-refractivity contribution in [3.8, 4) is 0 Å². The van der Waals surface area contributed by atoms with Gasteiger partial charge in [-0.25, -0.2) is 0 Å². The van der Waals surface area contributed by atoms with Crippen molar-refractivity contribution in [2.75, 3.05) is 0 Å². The Hall–Kier alpha value is -2.08. The molecule has 0 aromatic heterocycles. The van der Waals surface area contributed by atoms with Crippen molar-refractivity contribution in [1.82, 2.24) is 0 Å². The van der Waals surface area contributed by atoms with Gasteiger partial charge in [0.15, 0.2) is 0 Å². The average Bonchev–Trinajstić information content (AvgIpc) is 2.88. The molecule has 0 N–H and O–H groups in total.